The third-order valence-electron chi connectivity index (χ3n) is 6.74. The summed E-state index contributed by atoms with van der Waals surface area (Å²) in [6, 6.07) is 14.8. The average Bonchev–Trinajstić information content (AvgIpc) is 3.66. The molecule has 0 saturated carbocycles. The minimum Gasteiger partial charge on any atom is -0.489 e. The van der Waals surface area contributed by atoms with Crippen LogP contribution in [0.5, 0.6) is 17.4 Å². The smallest absolute Gasteiger partial charge is 0.248 e. The Labute approximate surface area is 252 Å². The lowest BCUT2D eigenvalue weighted by molar-refractivity contribution is -0.111. The number of nitrogens with one attached hydrogen (secondary N) is 2. The molecular formula is C31H29N9O4. The number of aromatic nitrogens is 7. The van der Waals surface area contributed by atoms with E-state index in [1.807, 2.05) is 55.1 Å². The molecule has 0 aliphatic heterocycles. The molecule has 4 aromatic heterocycles. The molecule has 0 atom stereocenters. The third kappa shape index (κ3) is 6.32. The molecule has 0 saturated heterocycles. The van der Waals surface area contributed by atoms with Gasteiger partial charge in [0.1, 0.15) is 42.9 Å². The Morgan fingerprint density at radius 3 is 2.75 bits per heavy atom. The van der Waals surface area contributed by atoms with Crippen LogP contribution in [-0.4, -0.2) is 60.3 Å². The Kier molecular flexibility index (Phi) is 8.10. The number of methoxy groups -OCH3 is 1. The number of benzene rings is 2. The average molecular weight is 592 g/mol. The first-order chi connectivity index (χ1) is 21.5. The van der Waals surface area contributed by atoms with E-state index >= 15 is 0 Å². The molecule has 4 heterocycles. The van der Waals surface area contributed by atoms with E-state index in [9.17, 15) is 4.79 Å². The van der Waals surface area contributed by atoms with Crippen LogP contribution in [0, 0.1) is 6.92 Å². The van der Waals surface area contributed by atoms with Crippen molar-refractivity contribution in [2.75, 3.05) is 31.0 Å². The van der Waals surface area contributed by atoms with E-state index in [1.54, 1.807) is 48.4 Å². The van der Waals surface area contributed by atoms with E-state index in [2.05, 4.69) is 35.8 Å². The van der Waals surface area contributed by atoms with E-state index in [0.29, 0.717) is 58.6 Å². The molecule has 0 fully saturated rings. The number of anilines is 3. The lowest BCUT2D eigenvalue weighted by Gasteiger charge is -2.15. The fourth-order valence-electron chi connectivity index (χ4n) is 4.48. The third-order valence-corrected chi connectivity index (χ3v) is 6.74. The van der Waals surface area contributed by atoms with Crippen LogP contribution in [0.15, 0.2) is 79.8 Å². The highest BCUT2D eigenvalue weighted by Crippen LogP contribution is 2.34. The van der Waals surface area contributed by atoms with Gasteiger partial charge in [-0.2, -0.15) is 0 Å². The van der Waals surface area contributed by atoms with Crippen LogP contribution in [-0.2, 0) is 16.6 Å². The number of aryl methyl sites for hydroxylation is 2. The number of rotatable bonds is 11. The fraction of sp³-hybridized carbons (Fsp3) is 0.161. The summed E-state index contributed by atoms with van der Waals surface area (Å²) in [5.41, 5.74) is 4.31. The van der Waals surface area contributed by atoms with Crippen LogP contribution in [0.3, 0.4) is 0 Å². The van der Waals surface area contributed by atoms with Crippen molar-refractivity contribution in [2.24, 2.45) is 7.05 Å². The van der Waals surface area contributed by atoms with Gasteiger partial charge in [0.25, 0.3) is 0 Å². The number of amides is 1. The van der Waals surface area contributed by atoms with Gasteiger partial charge in [0, 0.05) is 55.3 Å². The van der Waals surface area contributed by atoms with Gasteiger partial charge >= 0.3 is 0 Å². The number of hydrogen-bond donors (Lipinski definition) is 2. The molecule has 1 amide bonds. The molecule has 0 aliphatic carbocycles. The monoisotopic (exact) mass is 591 g/mol. The quantitative estimate of drug-likeness (QED) is 0.157. The van der Waals surface area contributed by atoms with Crippen LogP contribution in [0.2, 0.25) is 0 Å². The second kappa shape index (κ2) is 12.6. The zero-order valence-corrected chi connectivity index (χ0v) is 24.3. The maximum absolute atomic E-state index is 12.9. The Morgan fingerprint density at radius 2 is 1.93 bits per heavy atom. The number of hydrogen-bond acceptors (Lipinski definition) is 10. The lowest BCUT2D eigenvalue weighted by atomic mass is 10.1. The van der Waals surface area contributed by atoms with Crippen LogP contribution >= 0.6 is 0 Å². The Hall–Kier alpha value is -5.82. The number of ether oxygens (including phenoxy) is 3. The van der Waals surface area contributed by atoms with E-state index in [4.69, 9.17) is 14.2 Å². The standard InChI is InChI=1S/C31H29N9O4/c1-20-13-21(6-8-26(20)44-30-16-28-38-35-19-40(28)18-34-30)36-31-23-14-25(37-29(41)9-7-22-5-4-10-39(22)2)27(43-12-11-42-3)15-24(23)32-17-33-31/h4-10,13-19H,11-12H2,1-3H3,(H,37,41)(H,32,33,36)/b9-7+. The van der Waals surface area contributed by atoms with Crippen molar-refractivity contribution >= 4 is 45.7 Å². The van der Waals surface area contributed by atoms with E-state index in [-0.39, 0.29) is 5.91 Å². The normalized spacial score (nSPS) is 11.3. The SMILES string of the molecule is COCCOc1cc2ncnc(Nc3ccc(Oc4cc5nncn5cn4)c(C)c3)c2cc1NC(=O)/C=C/c1cccn1C. The predicted octanol–water partition coefficient (Wildman–Crippen LogP) is 4.93. The van der Waals surface area contributed by atoms with Gasteiger partial charge in [-0.1, -0.05) is 0 Å². The fourth-order valence-corrected chi connectivity index (χ4v) is 4.48. The van der Waals surface area contributed by atoms with Gasteiger partial charge < -0.3 is 29.4 Å². The maximum Gasteiger partial charge on any atom is 0.248 e. The van der Waals surface area contributed by atoms with Crippen molar-refractivity contribution < 1.29 is 19.0 Å². The Bertz CT molecular complexity index is 1980. The summed E-state index contributed by atoms with van der Waals surface area (Å²) >= 11 is 0. The van der Waals surface area contributed by atoms with E-state index in [0.717, 1.165) is 16.9 Å². The molecule has 0 spiro atoms. The molecule has 0 aliphatic rings. The molecule has 0 radical (unpaired) electrons. The summed E-state index contributed by atoms with van der Waals surface area (Å²) in [6.07, 6.45) is 9.78. The molecule has 0 unspecified atom stereocenters. The van der Waals surface area contributed by atoms with E-state index < -0.39 is 0 Å². The largest absolute Gasteiger partial charge is 0.489 e. The molecule has 6 aromatic rings. The van der Waals surface area contributed by atoms with Gasteiger partial charge in [0.2, 0.25) is 11.8 Å². The van der Waals surface area contributed by atoms with Gasteiger partial charge in [-0.15, -0.1) is 10.2 Å². The van der Waals surface area contributed by atoms with Crippen molar-refractivity contribution in [3.8, 4) is 17.4 Å². The molecule has 13 nitrogen and oxygen atoms in total. The zero-order valence-electron chi connectivity index (χ0n) is 24.3. The van der Waals surface area contributed by atoms with Crippen molar-refractivity contribution in [1.29, 1.82) is 0 Å². The first-order valence-electron chi connectivity index (χ1n) is 13.7. The summed E-state index contributed by atoms with van der Waals surface area (Å²) in [4.78, 5) is 26.1. The zero-order chi connectivity index (χ0) is 30.5. The first kappa shape index (κ1) is 28.3. The van der Waals surface area contributed by atoms with Crippen molar-refractivity contribution in [3.63, 3.8) is 0 Å². The van der Waals surface area contributed by atoms with Gasteiger partial charge in [-0.3, -0.25) is 9.20 Å². The molecule has 6 rings (SSSR count). The molecule has 2 aromatic carbocycles. The number of carbonyl (C=O) groups is 1. The topological polar surface area (TPSA) is 143 Å². The molecule has 13 heteroatoms. The summed E-state index contributed by atoms with van der Waals surface area (Å²) in [6.45, 7) is 2.63. The molecule has 44 heavy (non-hydrogen) atoms. The van der Waals surface area contributed by atoms with Gasteiger partial charge in [-0.05, 0) is 55.0 Å². The second-order valence-corrected chi connectivity index (χ2v) is 9.83. The van der Waals surface area contributed by atoms with Crippen molar-refractivity contribution in [1.82, 2.24) is 34.1 Å². The summed E-state index contributed by atoms with van der Waals surface area (Å²) < 4.78 is 20.7. The predicted molar refractivity (Wildman–Crippen MR) is 165 cm³/mol. The van der Waals surface area contributed by atoms with E-state index in [1.165, 1.54) is 12.4 Å². The van der Waals surface area contributed by atoms with Crippen LogP contribution in [0.4, 0.5) is 17.2 Å². The molecular weight excluding hydrogens is 562 g/mol. The highest BCUT2D eigenvalue weighted by molar-refractivity contribution is 6.05. The number of nitrogens with zero attached hydrogens (tertiary/aromatic N) is 7. The van der Waals surface area contributed by atoms with Crippen LogP contribution < -0.4 is 20.1 Å². The summed E-state index contributed by atoms with van der Waals surface area (Å²) in [7, 11) is 3.51. The summed E-state index contributed by atoms with van der Waals surface area (Å²) in [5.74, 6) is 1.77. The highest BCUT2D eigenvalue weighted by atomic mass is 16.5. The van der Waals surface area contributed by atoms with Crippen LogP contribution in [0.1, 0.15) is 11.3 Å². The van der Waals surface area contributed by atoms with Crippen molar-refractivity contribution in [3.05, 3.63) is 91.0 Å². The molecule has 222 valence electrons. The Morgan fingerprint density at radius 1 is 1.02 bits per heavy atom. The van der Waals surface area contributed by atoms with Crippen molar-refractivity contribution in [2.45, 2.75) is 6.92 Å². The minimum absolute atomic E-state index is 0.302. The van der Waals surface area contributed by atoms with Crippen LogP contribution in [0.25, 0.3) is 22.6 Å². The minimum atomic E-state index is -0.308. The number of fused-ring (bicyclic) bond motifs is 2. The Balaban J connectivity index is 1.25. The van der Waals surface area contributed by atoms with Gasteiger partial charge in [0.05, 0.1) is 17.8 Å². The molecule has 2 N–H and O–H groups in total. The highest BCUT2D eigenvalue weighted by Gasteiger charge is 2.14. The molecule has 0 bridgehead atoms. The van der Waals surface area contributed by atoms with Gasteiger partial charge in [0.15, 0.2) is 5.65 Å². The second-order valence-electron chi connectivity index (χ2n) is 9.83. The summed E-state index contributed by atoms with van der Waals surface area (Å²) in [5, 5.41) is 14.9. The van der Waals surface area contributed by atoms with Gasteiger partial charge in [-0.25, -0.2) is 15.0 Å². The first-order valence-corrected chi connectivity index (χ1v) is 13.7. The number of carbonyl (C=O) groups excluding carboxylic acids is 1. The maximum atomic E-state index is 12.9. The lowest BCUT2D eigenvalue weighted by Crippen LogP contribution is -2.12.